The molecule has 3 nitrogen and oxygen atoms in total. The molecule has 7 aromatic carbocycles. The van der Waals surface area contributed by atoms with Gasteiger partial charge in [0, 0.05) is 36.9 Å². The van der Waals surface area contributed by atoms with E-state index in [0.29, 0.717) is 17.5 Å². The first-order chi connectivity index (χ1) is 24.3. The minimum atomic E-state index is 0.638. The summed E-state index contributed by atoms with van der Waals surface area (Å²) in [6, 6.07) is 61.6. The van der Waals surface area contributed by atoms with Crippen LogP contribution in [-0.4, -0.2) is 15.0 Å². The predicted octanol–water partition coefficient (Wildman–Crippen LogP) is 12.2. The van der Waals surface area contributed by atoms with Crippen LogP contribution >= 0.6 is 11.3 Å². The third-order valence-electron chi connectivity index (χ3n) is 8.93. The lowest BCUT2D eigenvalue weighted by molar-refractivity contribution is 1.08. The zero-order chi connectivity index (χ0) is 32.6. The highest BCUT2D eigenvalue weighted by Crippen LogP contribution is 2.40. The summed E-state index contributed by atoms with van der Waals surface area (Å²) in [5, 5.41) is 2.39. The minimum absolute atomic E-state index is 0.638. The predicted molar refractivity (Wildman–Crippen MR) is 205 cm³/mol. The van der Waals surface area contributed by atoms with Crippen LogP contribution in [0.15, 0.2) is 176 Å². The van der Waals surface area contributed by atoms with E-state index in [9.17, 15) is 0 Å². The second-order valence-electron chi connectivity index (χ2n) is 12.1. The van der Waals surface area contributed by atoms with E-state index in [2.05, 4.69) is 158 Å². The molecule has 0 amide bonds. The Morgan fingerprint density at radius 2 is 0.755 bits per heavy atom. The molecule has 0 saturated heterocycles. The standard InChI is InChI=1S/C45H29N3S/c1-4-13-30(14-5-1)33-23-25-34(26-24-33)43-46-44(48-45(47-43)39-20-12-22-41-42(39)38-19-10-11-21-40(38)49-41)37-28-35(31-15-6-2-7-16-31)27-36(29-37)32-17-8-3-9-18-32/h1-29H. The van der Waals surface area contributed by atoms with Crippen molar-refractivity contribution in [2.24, 2.45) is 0 Å². The highest BCUT2D eigenvalue weighted by atomic mass is 32.1. The first kappa shape index (κ1) is 29.0. The maximum absolute atomic E-state index is 5.25. The summed E-state index contributed by atoms with van der Waals surface area (Å²) in [5.74, 6) is 1.94. The number of fused-ring (bicyclic) bond motifs is 3. The lowest BCUT2D eigenvalue weighted by Crippen LogP contribution is -2.01. The molecular weight excluding hydrogens is 615 g/mol. The Kier molecular flexibility index (Phi) is 7.34. The highest BCUT2D eigenvalue weighted by molar-refractivity contribution is 7.25. The van der Waals surface area contributed by atoms with Gasteiger partial charge in [-0.3, -0.25) is 0 Å². The monoisotopic (exact) mass is 643 g/mol. The van der Waals surface area contributed by atoms with E-state index in [-0.39, 0.29) is 0 Å². The molecule has 9 aromatic rings. The molecule has 9 rings (SSSR count). The fourth-order valence-electron chi connectivity index (χ4n) is 6.51. The average molecular weight is 644 g/mol. The van der Waals surface area contributed by atoms with Gasteiger partial charge in [-0.1, -0.05) is 146 Å². The van der Waals surface area contributed by atoms with Gasteiger partial charge in [0.05, 0.1) is 0 Å². The van der Waals surface area contributed by atoms with Gasteiger partial charge in [-0.2, -0.15) is 0 Å². The Morgan fingerprint density at radius 3 is 1.39 bits per heavy atom. The Hall–Kier alpha value is -6.23. The second-order valence-corrected chi connectivity index (χ2v) is 13.1. The molecule has 4 heteroatoms. The molecule has 0 radical (unpaired) electrons. The molecule has 0 spiro atoms. The zero-order valence-corrected chi connectivity index (χ0v) is 27.3. The van der Waals surface area contributed by atoms with E-state index < -0.39 is 0 Å². The van der Waals surface area contributed by atoms with Gasteiger partial charge >= 0.3 is 0 Å². The van der Waals surface area contributed by atoms with Crippen molar-refractivity contribution in [3.63, 3.8) is 0 Å². The lowest BCUT2D eigenvalue weighted by Gasteiger charge is -2.13. The Bertz CT molecular complexity index is 2520. The number of hydrogen-bond donors (Lipinski definition) is 0. The first-order valence-corrected chi connectivity index (χ1v) is 17.2. The molecule has 0 fully saturated rings. The summed E-state index contributed by atoms with van der Waals surface area (Å²) in [7, 11) is 0. The maximum atomic E-state index is 5.25. The summed E-state index contributed by atoms with van der Waals surface area (Å²) in [5.41, 5.74) is 9.71. The van der Waals surface area contributed by atoms with E-state index in [1.807, 2.05) is 18.2 Å². The molecule has 0 unspecified atom stereocenters. The fraction of sp³-hybridized carbons (Fsp3) is 0. The molecule has 230 valence electrons. The van der Waals surface area contributed by atoms with Crippen LogP contribution in [0.3, 0.4) is 0 Å². The van der Waals surface area contributed by atoms with Gasteiger partial charge in [-0.05, 0) is 63.7 Å². The normalized spacial score (nSPS) is 11.3. The maximum Gasteiger partial charge on any atom is 0.164 e. The van der Waals surface area contributed by atoms with Gasteiger partial charge in [0.25, 0.3) is 0 Å². The molecule has 2 heterocycles. The van der Waals surface area contributed by atoms with Gasteiger partial charge in [-0.15, -0.1) is 11.3 Å². The smallest absolute Gasteiger partial charge is 0.164 e. The molecular formula is C45H29N3S. The minimum Gasteiger partial charge on any atom is -0.208 e. The second kappa shape index (κ2) is 12.4. The van der Waals surface area contributed by atoms with Gasteiger partial charge in [0.1, 0.15) is 0 Å². The van der Waals surface area contributed by atoms with E-state index in [1.54, 1.807) is 11.3 Å². The molecule has 49 heavy (non-hydrogen) atoms. The quantitative estimate of drug-likeness (QED) is 0.181. The molecule has 0 saturated carbocycles. The van der Waals surface area contributed by atoms with Crippen LogP contribution in [0.5, 0.6) is 0 Å². The van der Waals surface area contributed by atoms with Crippen molar-refractivity contribution >= 4 is 31.5 Å². The molecule has 0 atom stereocenters. The van der Waals surface area contributed by atoms with Crippen LogP contribution in [-0.2, 0) is 0 Å². The Morgan fingerprint density at radius 1 is 0.306 bits per heavy atom. The van der Waals surface area contributed by atoms with Crippen LogP contribution < -0.4 is 0 Å². The van der Waals surface area contributed by atoms with E-state index >= 15 is 0 Å². The van der Waals surface area contributed by atoms with Crippen LogP contribution in [0.4, 0.5) is 0 Å². The lowest BCUT2D eigenvalue weighted by atomic mass is 9.96. The van der Waals surface area contributed by atoms with E-state index in [0.717, 1.165) is 44.5 Å². The number of aromatic nitrogens is 3. The number of hydrogen-bond acceptors (Lipinski definition) is 4. The number of thiophene rings is 1. The number of rotatable bonds is 6. The highest BCUT2D eigenvalue weighted by Gasteiger charge is 2.18. The summed E-state index contributed by atoms with van der Waals surface area (Å²) in [6.07, 6.45) is 0. The third kappa shape index (κ3) is 5.58. The fourth-order valence-corrected chi connectivity index (χ4v) is 7.64. The summed E-state index contributed by atoms with van der Waals surface area (Å²) >= 11 is 1.80. The van der Waals surface area contributed by atoms with Crippen molar-refractivity contribution < 1.29 is 0 Å². The average Bonchev–Trinajstić information content (AvgIpc) is 3.58. The van der Waals surface area contributed by atoms with Gasteiger partial charge in [-0.25, -0.2) is 15.0 Å². The summed E-state index contributed by atoms with van der Waals surface area (Å²) in [6.45, 7) is 0. The van der Waals surface area contributed by atoms with Crippen molar-refractivity contribution in [1.29, 1.82) is 0 Å². The van der Waals surface area contributed by atoms with Crippen LogP contribution in [0, 0.1) is 0 Å². The van der Waals surface area contributed by atoms with Gasteiger partial charge < -0.3 is 0 Å². The third-order valence-corrected chi connectivity index (χ3v) is 10.1. The SMILES string of the molecule is c1ccc(-c2ccc(-c3nc(-c4cc(-c5ccccc5)cc(-c5ccccc5)c4)nc(-c4cccc5sc6ccccc6c45)n3)cc2)cc1. The van der Waals surface area contributed by atoms with Crippen LogP contribution in [0.2, 0.25) is 0 Å². The largest absolute Gasteiger partial charge is 0.208 e. The Balaban J connectivity index is 1.27. The topological polar surface area (TPSA) is 38.7 Å². The van der Waals surface area contributed by atoms with Crippen molar-refractivity contribution in [1.82, 2.24) is 15.0 Å². The van der Waals surface area contributed by atoms with Crippen molar-refractivity contribution in [2.45, 2.75) is 0 Å². The summed E-state index contributed by atoms with van der Waals surface area (Å²) in [4.78, 5) is 15.6. The van der Waals surface area contributed by atoms with Gasteiger partial charge in [0.2, 0.25) is 0 Å². The van der Waals surface area contributed by atoms with Crippen molar-refractivity contribution in [2.75, 3.05) is 0 Å². The molecule has 0 bridgehead atoms. The number of benzene rings is 7. The van der Waals surface area contributed by atoms with Crippen LogP contribution in [0.1, 0.15) is 0 Å². The van der Waals surface area contributed by atoms with Crippen LogP contribution in [0.25, 0.3) is 87.7 Å². The molecule has 0 aliphatic carbocycles. The van der Waals surface area contributed by atoms with Gasteiger partial charge in [0.15, 0.2) is 17.5 Å². The van der Waals surface area contributed by atoms with Crippen molar-refractivity contribution in [3.05, 3.63) is 176 Å². The van der Waals surface area contributed by atoms with E-state index in [1.165, 1.54) is 25.7 Å². The van der Waals surface area contributed by atoms with Crippen molar-refractivity contribution in [3.8, 4) is 67.5 Å². The summed E-state index contributed by atoms with van der Waals surface area (Å²) < 4.78 is 2.46. The number of nitrogens with zero attached hydrogens (tertiary/aromatic N) is 3. The zero-order valence-electron chi connectivity index (χ0n) is 26.5. The molecule has 2 aromatic heterocycles. The first-order valence-electron chi connectivity index (χ1n) is 16.4. The Labute approximate surface area is 288 Å². The van der Waals surface area contributed by atoms with E-state index in [4.69, 9.17) is 15.0 Å². The molecule has 0 aliphatic heterocycles. The molecule has 0 N–H and O–H groups in total. The molecule has 0 aliphatic rings.